The molecule has 0 radical (unpaired) electrons. The summed E-state index contributed by atoms with van der Waals surface area (Å²) < 4.78 is 0. The van der Waals surface area contributed by atoms with Crippen LogP contribution in [0.25, 0.3) is 0 Å². The predicted octanol–water partition coefficient (Wildman–Crippen LogP) is 3.37. The molecule has 0 aromatic heterocycles. The maximum atomic E-state index is 12.6. The Morgan fingerprint density at radius 2 is 1.72 bits per heavy atom. The number of anilines is 1. The Labute approximate surface area is 171 Å². The summed E-state index contributed by atoms with van der Waals surface area (Å²) in [5, 5.41) is 14.0. The summed E-state index contributed by atoms with van der Waals surface area (Å²) >= 11 is 0. The molecule has 0 saturated carbocycles. The molecule has 1 aliphatic heterocycles. The fourth-order valence-electron chi connectivity index (χ4n) is 3.69. The number of hydrogen-bond acceptors (Lipinski definition) is 5. The van der Waals surface area contributed by atoms with Crippen molar-refractivity contribution >= 4 is 17.3 Å². The zero-order valence-electron chi connectivity index (χ0n) is 16.8. The van der Waals surface area contributed by atoms with E-state index in [4.69, 9.17) is 0 Å². The van der Waals surface area contributed by atoms with Crippen molar-refractivity contribution in [1.82, 2.24) is 10.2 Å². The van der Waals surface area contributed by atoms with Crippen molar-refractivity contribution in [3.05, 3.63) is 70.3 Å². The molecule has 1 amide bonds. The van der Waals surface area contributed by atoms with Gasteiger partial charge in [-0.2, -0.15) is 0 Å². The molecule has 0 aliphatic carbocycles. The number of nitro groups is 1. The number of amides is 1. The second-order valence-electron chi connectivity index (χ2n) is 7.36. The molecule has 7 heteroatoms. The minimum absolute atomic E-state index is 0.0510. The van der Waals surface area contributed by atoms with Gasteiger partial charge in [0.05, 0.1) is 17.5 Å². The average molecular weight is 396 g/mol. The minimum Gasteiger partial charge on any atom is -0.369 e. The zero-order valence-corrected chi connectivity index (χ0v) is 16.8. The molecular weight excluding hydrogens is 368 g/mol. The molecule has 1 atom stereocenters. The third-order valence-corrected chi connectivity index (χ3v) is 5.28. The lowest BCUT2D eigenvalue weighted by Crippen LogP contribution is -2.49. The van der Waals surface area contributed by atoms with Crippen molar-refractivity contribution in [3.63, 3.8) is 0 Å². The highest BCUT2D eigenvalue weighted by Gasteiger charge is 2.21. The van der Waals surface area contributed by atoms with Crippen molar-refractivity contribution in [3.8, 4) is 0 Å². The Morgan fingerprint density at radius 1 is 1.07 bits per heavy atom. The first-order valence-electron chi connectivity index (χ1n) is 10.1. The normalized spacial score (nSPS) is 15.7. The molecule has 1 N–H and O–H groups in total. The zero-order chi connectivity index (χ0) is 20.6. The van der Waals surface area contributed by atoms with Crippen LogP contribution in [0.5, 0.6) is 0 Å². The molecular formula is C22H28N4O3. The van der Waals surface area contributed by atoms with Crippen LogP contribution in [0.15, 0.2) is 54.6 Å². The first-order chi connectivity index (χ1) is 14.1. The van der Waals surface area contributed by atoms with Gasteiger partial charge in [0.15, 0.2) is 0 Å². The monoisotopic (exact) mass is 396 g/mol. The van der Waals surface area contributed by atoms with Crippen molar-refractivity contribution in [1.29, 1.82) is 0 Å². The fourth-order valence-corrected chi connectivity index (χ4v) is 3.69. The number of benzene rings is 2. The standard InChI is InChI=1S/C22H28N4O3/c1-2-6-21(18-7-4-3-5-8-18)23-22(27)17-24-13-15-25(16-14-24)19-9-11-20(12-10-19)26(28)29/h3-5,7-12,21H,2,6,13-17H2,1H3,(H,23,27)/t21-/m0/s1. The first-order valence-corrected chi connectivity index (χ1v) is 10.1. The molecule has 7 nitrogen and oxygen atoms in total. The summed E-state index contributed by atoms with van der Waals surface area (Å²) in [6.07, 6.45) is 1.93. The maximum Gasteiger partial charge on any atom is 0.269 e. The number of non-ortho nitro benzene ring substituents is 1. The van der Waals surface area contributed by atoms with E-state index in [-0.39, 0.29) is 22.6 Å². The summed E-state index contributed by atoms with van der Waals surface area (Å²) in [4.78, 5) is 27.3. The van der Waals surface area contributed by atoms with E-state index in [1.54, 1.807) is 12.1 Å². The van der Waals surface area contributed by atoms with Gasteiger partial charge < -0.3 is 10.2 Å². The Bertz CT molecular complexity index is 803. The van der Waals surface area contributed by atoms with Crippen molar-refractivity contribution in [2.24, 2.45) is 0 Å². The Balaban J connectivity index is 1.49. The van der Waals surface area contributed by atoms with E-state index < -0.39 is 0 Å². The molecule has 0 spiro atoms. The summed E-state index contributed by atoms with van der Waals surface area (Å²) in [6, 6.07) is 16.8. The number of nitrogens with zero attached hydrogens (tertiary/aromatic N) is 3. The predicted molar refractivity (Wildman–Crippen MR) is 114 cm³/mol. The lowest BCUT2D eigenvalue weighted by molar-refractivity contribution is -0.384. The van der Waals surface area contributed by atoms with E-state index in [1.165, 1.54) is 12.1 Å². The van der Waals surface area contributed by atoms with Crippen LogP contribution in [0.1, 0.15) is 31.4 Å². The maximum absolute atomic E-state index is 12.6. The topological polar surface area (TPSA) is 78.7 Å². The summed E-state index contributed by atoms with van der Waals surface area (Å²) in [5.41, 5.74) is 2.22. The number of hydrogen-bond donors (Lipinski definition) is 1. The Kier molecular flexibility index (Phi) is 7.19. The van der Waals surface area contributed by atoms with Crippen molar-refractivity contribution in [2.45, 2.75) is 25.8 Å². The molecule has 2 aromatic rings. The summed E-state index contributed by atoms with van der Waals surface area (Å²) in [7, 11) is 0. The second kappa shape index (κ2) is 10.0. The second-order valence-corrected chi connectivity index (χ2v) is 7.36. The van der Waals surface area contributed by atoms with Crippen molar-refractivity contribution in [2.75, 3.05) is 37.6 Å². The van der Waals surface area contributed by atoms with Crippen molar-refractivity contribution < 1.29 is 9.72 Å². The first kappa shape index (κ1) is 20.8. The van der Waals surface area contributed by atoms with E-state index in [2.05, 4.69) is 34.2 Å². The molecule has 29 heavy (non-hydrogen) atoms. The third-order valence-electron chi connectivity index (χ3n) is 5.28. The summed E-state index contributed by atoms with van der Waals surface area (Å²) in [6.45, 7) is 5.67. The minimum atomic E-state index is -0.387. The lowest BCUT2D eigenvalue weighted by Gasteiger charge is -2.36. The van der Waals surface area contributed by atoms with Gasteiger partial charge in [-0.3, -0.25) is 19.8 Å². The molecule has 1 saturated heterocycles. The van der Waals surface area contributed by atoms with Gasteiger partial charge in [-0.1, -0.05) is 43.7 Å². The van der Waals surface area contributed by atoms with Gasteiger partial charge >= 0.3 is 0 Å². The van der Waals surface area contributed by atoms with Gasteiger partial charge in [0.25, 0.3) is 5.69 Å². The van der Waals surface area contributed by atoms with Crippen LogP contribution in [-0.2, 0) is 4.79 Å². The number of carbonyl (C=O) groups is 1. The van der Waals surface area contributed by atoms with Crippen LogP contribution >= 0.6 is 0 Å². The van der Waals surface area contributed by atoms with E-state index in [9.17, 15) is 14.9 Å². The van der Waals surface area contributed by atoms with Crippen LogP contribution in [-0.4, -0.2) is 48.5 Å². The highest BCUT2D eigenvalue weighted by Crippen LogP contribution is 2.21. The van der Waals surface area contributed by atoms with E-state index >= 15 is 0 Å². The van der Waals surface area contributed by atoms with E-state index in [0.29, 0.717) is 6.54 Å². The van der Waals surface area contributed by atoms with E-state index in [1.807, 2.05) is 18.2 Å². The Morgan fingerprint density at radius 3 is 2.31 bits per heavy atom. The molecule has 2 aromatic carbocycles. The van der Waals surface area contributed by atoms with Crippen LogP contribution in [0.2, 0.25) is 0 Å². The van der Waals surface area contributed by atoms with Gasteiger partial charge in [-0.25, -0.2) is 0 Å². The van der Waals surface area contributed by atoms with Crippen LogP contribution in [0.3, 0.4) is 0 Å². The van der Waals surface area contributed by atoms with Gasteiger partial charge in [0.1, 0.15) is 0 Å². The number of nitro benzene ring substituents is 1. The molecule has 1 fully saturated rings. The quantitative estimate of drug-likeness (QED) is 0.547. The highest BCUT2D eigenvalue weighted by molar-refractivity contribution is 5.78. The molecule has 0 bridgehead atoms. The van der Waals surface area contributed by atoms with Crippen LogP contribution in [0, 0.1) is 10.1 Å². The average Bonchev–Trinajstić information content (AvgIpc) is 2.75. The fraction of sp³-hybridized carbons (Fsp3) is 0.409. The van der Waals surface area contributed by atoms with Gasteiger partial charge in [-0.15, -0.1) is 0 Å². The number of nitrogens with one attached hydrogen (secondary N) is 1. The van der Waals surface area contributed by atoms with Gasteiger partial charge in [0, 0.05) is 44.0 Å². The SMILES string of the molecule is CCC[C@H](NC(=O)CN1CCN(c2ccc([N+](=O)[O-])cc2)CC1)c1ccccc1. The van der Waals surface area contributed by atoms with Gasteiger partial charge in [-0.05, 0) is 24.1 Å². The molecule has 154 valence electrons. The molecule has 0 unspecified atom stereocenters. The van der Waals surface area contributed by atoms with E-state index in [0.717, 1.165) is 50.3 Å². The third kappa shape index (κ3) is 5.77. The largest absolute Gasteiger partial charge is 0.369 e. The molecule has 3 rings (SSSR count). The van der Waals surface area contributed by atoms with Gasteiger partial charge in [0.2, 0.25) is 5.91 Å². The smallest absolute Gasteiger partial charge is 0.269 e. The Hall–Kier alpha value is -2.93. The molecule has 1 heterocycles. The number of piperazine rings is 1. The number of rotatable bonds is 8. The highest BCUT2D eigenvalue weighted by atomic mass is 16.6. The van der Waals surface area contributed by atoms with Crippen LogP contribution in [0.4, 0.5) is 11.4 Å². The summed E-state index contributed by atoms with van der Waals surface area (Å²) in [5.74, 6) is 0.0519. The number of carbonyl (C=O) groups excluding carboxylic acids is 1. The lowest BCUT2D eigenvalue weighted by atomic mass is 10.0. The molecule has 1 aliphatic rings. The van der Waals surface area contributed by atoms with Crippen LogP contribution < -0.4 is 10.2 Å².